The summed E-state index contributed by atoms with van der Waals surface area (Å²) in [4.78, 5) is 24.0. The summed E-state index contributed by atoms with van der Waals surface area (Å²) >= 11 is 0. The van der Waals surface area contributed by atoms with Crippen LogP contribution in [0.25, 0.3) is 0 Å². The normalized spacial score (nSPS) is 19.2. The van der Waals surface area contributed by atoms with Gasteiger partial charge in [-0.05, 0) is 56.7 Å². The van der Waals surface area contributed by atoms with Crippen molar-refractivity contribution < 1.29 is 22.7 Å². The highest BCUT2D eigenvalue weighted by Gasteiger charge is 2.43. The summed E-state index contributed by atoms with van der Waals surface area (Å²) in [6.07, 6.45) is 3.34. The number of primary amides is 1. The van der Waals surface area contributed by atoms with Crippen LogP contribution in [-0.4, -0.2) is 49.8 Å². The smallest absolute Gasteiger partial charge is 0.259 e. The number of hydrogen-bond donors (Lipinski definition) is 2. The molecule has 1 saturated carbocycles. The Morgan fingerprint density at radius 2 is 2.00 bits per heavy atom. The zero-order valence-corrected chi connectivity index (χ0v) is 17.0. The minimum Gasteiger partial charge on any atom is -0.483 e. The molecule has 9 nitrogen and oxygen atoms in total. The van der Waals surface area contributed by atoms with E-state index in [0.717, 1.165) is 25.7 Å². The van der Waals surface area contributed by atoms with Crippen molar-refractivity contribution >= 4 is 21.8 Å². The van der Waals surface area contributed by atoms with Gasteiger partial charge in [0.25, 0.3) is 11.8 Å². The van der Waals surface area contributed by atoms with Gasteiger partial charge in [0.15, 0.2) is 6.61 Å². The first-order valence-corrected chi connectivity index (χ1v) is 10.9. The number of nitrogens with two attached hydrogens (primary N) is 1. The lowest BCUT2D eigenvalue weighted by molar-refractivity contribution is -0.124. The summed E-state index contributed by atoms with van der Waals surface area (Å²) in [6.45, 7) is 2.11. The van der Waals surface area contributed by atoms with Crippen LogP contribution in [0.5, 0.6) is 5.75 Å². The molecule has 2 fully saturated rings. The molecule has 1 aromatic carbocycles. The molecule has 1 aliphatic heterocycles. The summed E-state index contributed by atoms with van der Waals surface area (Å²) in [5.41, 5.74) is 4.31. The van der Waals surface area contributed by atoms with Crippen molar-refractivity contribution in [2.45, 2.75) is 43.0 Å². The second kappa shape index (κ2) is 8.00. The molecule has 1 aromatic rings. The van der Waals surface area contributed by atoms with E-state index in [0.29, 0.717) is 13.1 Å². The quantitative estimate of drug-likeness (QED) is 0.635. The second-order valence-corrected chi connectivity index (χ2v) is 9.50. The van der Waals surface area contributed by atoms with E-state index in [1.54, 1.807) is 6.92 Å². The average Bonchev–Trinajstić information content (AvgIpc) is 3.40. The Bertz CT molecular complexity index is 961. The van der Waals surface area contributed by atoms with E-state index in [-0.39, 0.29) is 22.1 Å². The number of ether oxygens (including phenoxy) is 1. The highest BCUT2D eigenvalue weighted by Crippen LogP contribution is 2.39. The Labute approximate surface area is 169 Å². The number of rotatable bonds is 8. The van der Waals surface area contributed by atoms with Crippen molar-refractivity contribution in [3.8, 4) is 11.8 Å². The van der Waals surface area contributed by atoms with Crippen molar-refractivity contribution in [2.24, 2.45) is 11.7 Å². The fourth-order valence-corrected chi connectivity index (χ4v) is 4.96. The fraction of sp³-hybridized carbons (Fsp3) is 0.526. The third-order valence-corrected chi connectivity index (χ3v) is 7.20. The van der Waals surface area contributed by atoms with Crippen LogP contribution in [0.2, 0.25) is 0 Å². The molecule has 29 heavy (non-hydrogen) atoms. The first-order chi connectivity index (χ1) is 13.7. The summed E-state index contributed by atoms with van der Waals surface area (Å²) < 4.78 is 32.1. The van der Waals surface area contributed by atoms with Gasteiger partial charge in [-0.3, -0.25) is 9.59 Å². The largest absolute Gasteiger partial charge is 0.483 e. The Kier molecular flexibility index (Phi) is 5.82. The number of carbonyl (C=O) groups excluding carboxylic acids is 2. The second-order valence-electron chi connectivity index (χ2n) is 7.56. The number of amides is 2. The summed E-state index contributed by atoms with van der Waals surface area (Å²) in [5, 5.41) is 12.0. The Hall–Kier alpha value is -2.64. The standard InChI is InChI=1S/C19H24N4O5S/c1-19(12-20,13-4-5-13)22-17(24)11-28-16-7-6-14(10-15(16)18(21)25)29(26,27)23-8-2-3-9-23/h6-7,10,13H,2-5,8-9,11H2,1H3,(H2,21,25)(H,22,24)/t19-/m1/s1. The number of nitrogens with zero attached hydrogens (tertiary/aromatic N) is 2. The number of sulfonamides is 1. The van der Waals surface area contributed by atoms with Gasteiger partial charge in [-0.15, -0.1) is 0 Å². The van der Waals surface area contributed by atoms with Crippen LogP contribution in [0.15, 0.2) is 23.1 Å². The molecule has 0 radical (unpaired) electrons. The zero-order valence-electron chi connectivity index (χ0n) is 16.2. The van der Waals surface area contributed by atoms with Gasteiger partial charge < -0.3 is 15.8 Å². The Morgan fingerprint density at radius 1 is 1.34 bits per heavy atom. The molecule has 0 unspecified atom stereocenters. The zero-order chi connectivity index (χ0) is 21.2. The van der Waals surface area contributed by atoms with Crippen LogP contribution >= 0.6 is 0 Å². The van der Waals surface area contributed by atoms with Gasteiger partial charge >= 0.3 is 0 Å². The maximum absolute atomic E-state index is 12.7. The van der Waals surface area contributed by atoms with Gasteiger partial charge in [0.05, 0.1) is 16.5 Å². The minimum atomic E-state index is -3.72. The monoisotopic (exact) mass is 420 g/mol. The highest BCUT2D eigenvalue weighted by molar-refractivity contribution is 7.89. The molecule has 3 N–H and O–H groups in total. The number of benzene rings is 1. The number of nitriles is 1. The van der Waals surface area contributed by atoms with Gasteiger partial charge in [-0.25, -0.2) is 8.42 Å². The molecule has 0 bridgehead atoms. The van der Waals surface area contributed by atoms with Crippen molar-refractivity contribution in [1.29, 1.82) is 5.26 Å². The fourth-order valence-electron chi connectivity index (χ4n) is 3.42. The Balaban J connectivity index is 1.73. The van der Waals surface area contributed by atoms with Crippen molar-refractivity contribution in [1.82, 2.24) is 9.62 Å². The summed E-state index contributed by atoms with van der Waals surface area (Å²) in [7, 11) is -3.72. The van der Waals surface area contributed by atoms with Gasteiger partial charge in [0, 0.05) is 13.1 Å². The summed E-state index contributed by atoms with van der Waals surface area (Å²) in [6, 6.07) is 5.94. The molecule has 1 saturated heterocycles. The van der Waals surface area contributed by atoms with Crippen LogP contribution in [0.1, 0.15) is 43.0 Å². The first-order valence-electron chi connectivity index (χ1n) is 9.46. The molecule has 2 aliphatic rings. The van der Waals surface area contributed by atoms with Crippen LogP contribution in [-0.2, 0) is 14.8 Å². The van der Waals surface area contributed by atoms with Crippen LogP contribution in [0.4, 0.5) is 0 Å². The number of carbonyl (C=O) groups is 2. The average molecular weight is 420 g/mol. The van der Waals surface area contributed by atoms with E-state index in [1.807, 2.05) is 0 Å². The maximum atomic E-state index is 12.7. The van der Waals surface area contributed by atoms with E-state index in [9.17, 15) is 23.3 Å². The molecule has 10 heteroatoms. The third-order valence-electron chi connectivity index (χ3n) is 5.30. The lowest BCUT2D eigenvalue weighted by Gasteiger charge is -2.23. The topological polar surface area (TPSA) is 143 Å². The number of hydrogen-bond acceptors (Lipinski definition) is 6. The van der Waals surface area contributed by atoms with Crippen LogP contribution in [0.3, 0.4) is 0 Å². The minimum absolute atomic E-state index is 0.0121. The SMILES string of the molecule is C[C@](C#N)(NC(=O)COc1ccc(S(=O)(=O)N2CCCC2)cc1C(N)=O)C1CC1. The van der Waals surface area contributed by atoms with E-state index in [4.69, 9.17) is 10.5 Å². The molecule has 1 heterocycles. The molecule has 156 valence electrons. The van der Waals surface area contributed by atoms with Crippen molar-refractivity contribution in [2.75, 3.05) is 19.7 Å². The van der Waals surface area contributed by atoms with Crippen molar-refractivity contribution in [3.05, 3.63) is 23.8 Å². The van der Waals surface area contributed by atoms with Gasteiger partial charge in [0.2, 0.25) is 10.0 Å². The van der Waals surface area contributed by atoms with Gasteiger partial charge in [-0.1, -0.05) is 0 Å². The predicted molar refractivity (Wildman–Crippen MR) is 103 cm³/mol. The van der Waals surface area contributed by atoms with E-state index >= 15 is 0 Å². The molecular formula is C19H24N4O5S. The van der Waals surface area contributed by atoms with Crippen LogP contribution < -0.4 is 15.8 Å². The molecular weight excluding hydrogens is 396 g/mol. The van der Waals surface area contributed by atoms with Crippen molar-refractivity contribution in [3.63, 3.8) is 0 Å². The van der Waals surface area contributed by atoms with Crippen LogP contribution in [0, 0.1) is 17.2 Å². The molecule has 1 aliphatic carbocycles. The molecule has 2 amide bonds. The van der Waals surface area contributed by atoms with E-state index in [2.05, 4.69) is 11.4 Å². The predicted octanol–water partition coefficient (Wildman–Crippen LogP) is 0.757. The maximum Gasteiger partial charge on any atom is 0.259 e. The molecule has 1 atom stereocenters. The lowest BCUT2D eigenvalue weighted by atomic mass is 9.98. The molecule has 0 aromatic heterocycles. The molecule has 3 rings (SSSR count). The lowest BCUT2D eigenvalue weighted by Crippen LogP contribution is -2.48. The highest BCUT2D eigenvalue weighted by atomic mass is 32.2. The first kappa shape index (κ1) is 21.1. The number of nitrogens with one attached hydrogen (secondary N) is 1. The Morgan fingerprint density at radius 3 is 2.55 bits per heavy atom. The van der Waals surface area contributed by atoms with Gasteiger partial charge in [0.1, 0.15) is 11.3 Å². The third kappa shape index (κ3) is 4.52. The summed E-state index contributed by atoms with van der Waals surface area (Å²) in [5.74, 6) is -1.24. The van der Waals surface area contributed by atoms with E-state index in [1.165, 1.54) is 22.5 Å². The van der Waals surface area contributed by atoms with E-state index < -0.39 is 34.0 Å². The molecule has 0 spiro atoms. The van der Waals surface area contributed by atoms with Gasteiger partial charge in [-0.2, -0.15) is 9.57 Å².